The van der Waals surface area contributed by atoms with Crippen molar-refractivity contribution in [3.05, 3.63) is 42.1 Å². The molecule has 9 heavy (non-hydrogen) atoms. The molecule has 1 radical (unpaired) electrons. The van der Waals surface area contributed by atoms with Crippen LogP contribution in [-0.2, 0) is 0 Å². The second-order valence-electron chi connectivity index (χ2n) is 1.81. The zero-order chi connectivity index (χ0) is 6.69. The summed E-state index contributed by atoms with van der Waals surface area (Å²) >= 11 is 0. The van der Waals surface area contributed by atoms with Gasteiger partial charge in [0, 0.05) is 0 Å². The summed E-state index contributed by atoms with van der Waals surface area (Å²) in [5, 5.41) is 0. The van der Waals surface area contributed by atoms with Gasteiger partial charge in [0.05, 0.1) is 0 Å². The summed E-state index contributed by atoms with van der Waals surface area (Å²) < 4.78 is 12.6. The molecule has 1 heteroatoms. The molecule has 0 amide bonds. The molecule has 0 saturated heterocycles. The minimum absolute atomic E-state index is 0.153. The van der Waals surface area contributed by atoms with Gasteiger partial charge in [0.25, 0.3) is 0 Å². The zero-order valence-corrected chi connectivity index (χ0v) is 5.26. The minimum atomic E-state index is -0.153. The normalized spacial score (nSPS) is 9.56. The number of hydrogen-bond acceptors (Lipinski definition) is 0. The van der Waals surface area contributed by atoms with Crippen molar-refractivity contribution in [2.45, 2.75) is 6.92 Å². The number of rotatable bonds is 1. The van der Waals surface area contributed by atoms with E-state index in [0.29, 0.717) is 5.56 Å². The Kier molecular flexibility index (Phi) is 1.83. The van der Waals surface area contributed by atoms with Crippen molar-refractivity contribution in [3.63, 3.8) is 0 Å². The number of halogens is 1. The molecule has 1 aromatic carbocycles. The Labute approximate surface area is 54.3 Å². The monoisotopic (exact) mass is 123 g/mol. The van der Waals surface area contributed by atoms with Gasteiger partial charge in [-0.15, -0.1) is 0 Å². The Morgan fingerprint density at radius 1 is 1.33 bits per heavy atom. The van der Waals surface area contributed by atoms with Crippen LogP contribution in [0, 0.1) is 12.2 Å². The van der Waals surface area contributed by atoms with Gasteiger partial charge in [-0.25, -0.2) is 4.39 Å². The SMILES string of the molecule is C[CH]c1ccccc1F. The van der Waals surface area contributed by atoms with Gasteiger partial charge in [-0.3, -0.25) is 0 Å². The molecule has 0 bridgehead atoms. The van der Waals surface area contributed by atoms with E-state index in [9.17, 15) is 4.39 Å². The topological polar surface area (TPSA) is 0 Å². The quantitative estimate of drug-likeness (QED) is 0.538. The Bertz CT molecular complexity index is 194. The molecule has 47 valence electrons. The van der Waals surface area contributed by atoms with Gasteiger partial charge in [0.2, 0.25) is 0 Å². The van der Waals surface area contributed by atoms with Crippen molar-refractivity contribution in [1.82, 2.24) is 0 Å². The van der Waals surface area contributed by atoms with E-state index in [-0.39, 0.29) is 5.82 Å². The minimum Gasteiger partial charge on any atom is -0.207 e. The lowest BCUT2D eigenvalue weighted by atomic mass is 10.2. The molecule has 0 aromatic heterocycles. The lowest BCUT2D eigenvalue weighted by molar-refractivity contribution is 0.620. The molecule has 0 saturated carbocycles. The molecule has 0 heterocycles. The highest BCUT2D eigenvalue weighted by atomic mass is 19.1. The summed E-state index contributed by atoms with van der Waals surface area (Å²) in [7, 11) is 0. The van der Waals surface area contributed by atoms with Crippen molar-refractivity contribution in [2.75, 3.05) is 0 Å². The molecule has 0 aliphatic rings. The molecule has 0 fully saturated rings. The van der Waals surface area contributed by atoms with Crippen LogP contribution in [0.5, 0.6) is 0 Å². The fourth-order valence-corrected chi connectivity index (χ4v) is 0.709. The highest BCUT2D eigenvalue weighted by molar-refractivity contribution is 5.23. The molecule has 0 atom stereocenters. The van der Waals surface area contributed by atoms with Crippen LogP contribution >= 0.6 is 0 Å². The van der Waals surface area contributed by atoms with Gasteiger partial charge in [-0.05, 0) is 18.1 Å². The second-order valence-corrected chi connectivity index (χ2v) is 1.81. The number of hydrogen-bond donors (Lipinski definition) is 0. The predicted octanol–water partition coefficient (Wildman–Crippen LogP) is 2.40. The number of benzene rings is 1. The Morgan fingerprint density at radius 2 is 2.00 bits per heavy atom. The molecule has 0 N–H and O–H groups in total. The van der Waals surface area contributed by atoms with Gasteiger partial charge < -0.3 is 0 Å². The highest BCUT2D eigenvalue weighted by Crippen LogP contribution is 2.06. The van der Waals surface area contributed by atoms with Crippen LogP contribution in [0.1, 0.15) is 12.5 Å². The first-order chi connectivity index (χ1) is 4.34. The third kappa shape index (κ3) is 1.28. The van der Waals surface area contributed by atoms with E-state index in [0.717, 1.165) is 0 Å². The zero-order valence-electron chi connectivity index (χ0n) is 5.26. The van der Waals surface area contributed by atoms with Gasteiger partial charge in [-0.2, -0.15) is 0 Å². The van der Waals surface area contributed by atoms with Crippen LogP contribution in [0.2, 0.25) is 0 Å². The third-order valence-corrected chi connectivity index (χ3v) is 1.22. The third-order valence-electron chi connectivity index (χ3n) is 1.22. The molecular formula is C8H8F. The molecule has 0 aliphatic heterocycles. The van der Waals surface area contributed by atoms with E-state index < -0.39 is 0 Å². The summed E-state index contributed by atoms with van der Waals surface area (Å²) in [5.74, 6) is -0.153. The molecule has 0 aliphatic carbocycles. The van der Waals surface area contributed by atoms with Crippen molar-refractivity contribution in [1.29, 1.82) is 0 Å². The average molecular weight is 123 g/mol. The smallest absolute Gasteiger partial charge is 0.126 e. The maximum Gasteiger partial charge on any atom is 0.126 e. The molecule has 0 spiro atoms. The average Bonchev–Trinajstić information content (AvgIpc) is 1.89. The lowest BCUT2D eigenvalue weighted by Gasteiger charge is -1.94. The van der Waals surface area contributed by atoms with Crippen LogP contribution in [0.25, 0.3) is 0 Å². The van der Waals surface area contributed by atoms with E-state index in [2.05, 4.69) is 0 Å². The fraction of sp³-hybridized carbons (Fsp3) is 0.125. The van der Waals surface area contributed by atoms with E-state index in [1.165, 1.54) is 6.07 Å². The lowest BCUT2D eigenvalue weighted by Crippen LogP contribution is -1.81. The Hall–Kier alpha value is -0.850. The van der Waals surface area contributed by atoms with E-state index >= 15 is 0 Å². The Morgan fingerprint density at radius 3 is 2.44 bits per heavy atom. The van der Waals surface area contributed by atoms with Crippen LogP contribution in [0.15, 0.2) is 24.3 Å². The highest BCUT2D eigenvalue weighted by Gasteiger charge is 1.94. The summed E-state index contributed by atoms with van der Waals surface area (Å²) in [5.41, 5.74) is 0.664. The predicted molar refractivity (Wildman–Crippen MR) is 35.5 cm³/mol. The van der Waals surface area contributed by atoms with Gasteiger partial charge in [-0.1, -0.05) is 25.1 Å². The van der Waals surface area contributed by atoms with E-state index in [4.69, 9.17) is 0 Å². The van der Waals surface area contributed by atoms with Gasteiger partial charge in [0.1, 0.15) is 5.82 Å². The summed E-state index contributed by atoms with van der Waals surface area (Å²) in [6.07, 6.45) is 1.75. The molecule has 0 unspecified atom stereocenters. The second kappa shape index (κ2) is 2.62. The largest absolute Gasteiger partial charge is 0.207 e. The molecule has 0 nitrogen and oxygen atoms in total. The Balaban J connectivity index is 3.01. The first-order valence-corrected chi connectivity index (χ1v) is 2.88. The van der Waals surface area contributed by atoms with Crippen LogP contribution in [0.4, 0.5) is 4.39 Å². The summed E-state index contributed by atoms with van der Waals surface area (Å²) in [6, 6.07) is 6.70. The van der Waals surface area contributed by atoms with Gasteiger partial charge >= 0.3 is 0 Å². The van der Waals surface area contributed by atoms with Crippen molar-refractivity contribution in [2.24, 2.45) is 0 Å². The van der Waals surface area contributed by atoms with E-state index in [1.54, 1.807) is 18.6 Å². The fourth-order valence-electron chi connectivity index (χ4n) is 0.709. The van der Waals surface area contributed by atoms with Crippen LogP contribution < -0.4 is 0 Å². The van der Waals surface area contributed by atoms with Crippen molar-refractivity contribution >= 4 is 0 Å². The first-order valence-electron chi connectivity index (χ1n) is 2.88. The summed E-state index contributed by atoms with van der Waals surface area (Å²) in [4.78, 5) is 0. The standard InChI is InChI=1S/C8H8F/c1-2-7-5-3-4-6-8(7)9/h2-6H,1H3. The first kappa shape index (κ1) is 6.27. The van der Waals surface area contributed by atoms with Crippen molar-refractivity contribution in [3.8, 4) is 0 Å². The molecule has 1 aromatic rings. The van der Waals surface area contributed by atoms with Crippen LogP contribution in [0.3, 0.4) is 0 Å². The van der Waals surface area contributed by atoms with Gasteiger partial charge in [0.15, 0.2) is 0 Å². The molecule has 1 rings (SSSR count). The maximum atomic E-state index is 12.6. The van der Waals surface area contributed by atoms with Crippen molar-refractivity contribution < 1.29 is 4.39 Å². The molecular weight excluding hydrogens is 115 g/mol. The maximum absolute atomic E-state index is 12.6. The van der Waals surface area contributed by atoms with Crippen LogP contribution in [-0.4, -0.2) is 0 Å². The summed E-state index contributed by atoms with van der Waals surface area (Å²) in [6.45, 7) is 1.82. The van der Waals surface area contributed by atoms with E-state index in [1.807, 2.05) is 13.0 Å².